The SMILES string of the molecule is C[C@H](c1nccs1)N1CCC[C@H](O)C1. The molecular weight excluding hydrogens is 196 g/mol. The van der Waals surface area contributed by atoms with Crippen LogP contribution in [0.4, 0.5) is 0 Å². The van der Waals surface area contributed by atoms with Crippen LogP contribution >= 0.6 is 11.3 Å². The van der Waals surface area contributed by atoms with Crippen molar-refractivity contribution >= 4 is 11.3 Å². The Morgan fingerprint density at radius 3 is 3.21 bits per heavy atom. The van der Waals surface area contributed by atoms with Crippen LogP contribution in [0.15, 0.2) is 11.6 Å². The molecule has 0 aromatic carbocycles. The van der Waals surface area contributed by atoms with E-state index in [2.05, 4.69) is 16.8 Å². The van der Waals surface area contributed by atoms with Gasteiger partial charge in [-0.15, -0.1) is 11.3 Å². The third-order valence-corrected chi connectivity index (χ3v) is 3.73. The number of β-amino-alcohol motifs (C(OH)–C–C–N with tert-alkyl or cyclic N) is 1. The quantitative estimate of drug-likeness (QED) is 0.810. The number of hydrogen-bond acceptors (Lipinski definition) is 4. The largest absolute Gasteiger partial charge is 0.392 e. The lowest BCUT2D eigenvalue weighted by atomic mass is 10.1. The van der Waals surface area contributed by atoms with E-state index in [1.54, 1.807) is 11.3 Å². The fourth-order valence-corrected chi connectivity index (χ4v) is 2.66. The van der Waals surface area contributed by atoms with Gasteiger partial charge in [0.2, 0.25) is 0 Å². The first kappa shape index (κ1) is 10.1. The fraction of sp³-hybridized carbons (Fsp3) is 0.700. The van der Waals surface area contributed by atoms with Crippen LogP contribution in [0.5, 0.6) is 0 Å². The third-order valence-electron chi connectivity index (χ3n) is 2.78. The van der Waals surface area contributed by atoms with Gasteiger partial charge in [0, 0.05) is 18.1 Å². The van der Waals surface area contributed by atoms with Gasteiger partial charge in [-0.2, -0.15) is 0 Å². The Morgan fingerprint density at radius 2 is 2.57 bits per heavy atom. The first-order valence-corrected chi connectivity index (χ1v) is 5.97. The van der Waals surface area contributed by atoms with E-state index in [0.717, 1.165) is 30.9 Å². The summed E-state index contributed by atoms with van der Waals surface area (Å²) in [6.07, 6.45) is 3.74. The number of nitrogens with zero attached hydrogens (tertiary/aromatic N) is 2. The van der Waals surface area contributed by atoms with Crippen molar-refractivity contribution in [3.63, 3.8) is 0 Å². The van der Waals surface area contributed by atoms with Gasteiger partial charge < -0.3 is 5.11 Å². The molecule has 3 nitrogen and oxygen atoms in total. The average molecular weight is 212 g/mol. The smallest absolute Gasteiger partial charge is 0.109 e. The van der Waals surface area contributed by atoms with Crippen LogP contribution in [-0.2, 0) is 0 Å². The minimum atomic E-state index is -0.147. The van der Waals surface area contributed by atoms with Crippen LogP contribution < -0.4 is 0 Å². The molecule has 1 aromatic rings. The molecule has 0 spiro atoms. The Morgan fingerprint density at radius 1 is 1.71 bits per heavy atom. The molecule has 0 aliphatic carbocycles. The molecule has 1 fully saturated rings. The Kier molecular flexibility index (Phi) is 3.15. The number of thiazole rings is 1. The summed E-state index contributed by atoms with van der Waals surface area (Å²) in [5, 5.41) is 12.7. The molecule has 4 heteroatoms. The maximum Gasteiger partial charge on any atom is 0.109 e. The number of aromatic nitrogens is 1. The summed E-state index contributed by atoms with van der Waals surface area (Å²) in [4.78, 5) is 6.62. The van der Waals surface area contributed by atoms with Crippen molar-refractivity contribution in [3.05, 3.63) is 16.6 Å². The van der Waals surface area contributed by atoms with Crippen molar-refractivity contribution in [1.29, 1.82) is 0 Å². The minimum absolute atomic E-state index is 0.147. The molecule has 1 saturated heterocycles. The summed E-state index contributed by atoms with van der Waals surface area (Å²) in [5.74, 6) is 0. The molecule has 2 atom stereocenters. The molecule has 1 N–H and O–H groups in total. The van der Waals surface area contributed by atoms with Crippen LogP contribution in [0.25, 0.3) is 0 Å². The van der Waals surface area contributed by atoms with Gasteiger partial charge in [-0.1, -0.05) is 0 Å². The highest BCUT2D eigenvalue weighted by Crippen LogP contribution is 2.25. The molecule has 2 heterocycles. The minimum Gasteiger partial charge on any atom is -0.392 e. The Hall–Kier alpha value is -0.450. The zero-order valence-electron chi connectivity index (χ0n) is 8.39. The van der Waals surface area contributed by atoms with Gasteiger partial charge in [0.1, 0.15) is 5.01 Å². The average Bonchev–Trinajstić information content (AvgIpc) is 2.69. The summed E-state index contributed by atoms with van der Waals surface area (Å²) in [5.41, 5.74) is 0. The van der Waals surface area contributed by atoms with Gasteiger partial charge in [-0.25, -0.2) is 4.98 Å². The lowest BCUT2D eigenvalue weighted by Gasteiger charge is -2.33. The predicted molar refractivity (Wildman–Crippen MR) is 57.3 cm³/mol. The standard InChI is InChI=1S/C10H16N2OS/c1-8(10-11-4-6-14-10)12-5-2-3-9(13)7-12/h4,6,8-9,13H,2-3,5,7H2,1H3/t8-,9+/m1/s1. The number of aliphatic hydroxyl groups excluding tert-OH is 1. The van der Waals surface area contributed by atoms with E-state index in [1.807, 2.05) is 11.6 Å². The van der Waals surface area contributed by atoms with Crippen molar-refractivity contribution in [2.24, 2.45) is 0 Å². The maximum atomic E-state index is 9.57. The first-order valence-electron chi connectivity index (χ1n) is 5.09. The van der Waals surface area contributed by atoms with E-state index < -0.39 is 0 Å². The highest BCUT2D eigenvalue weighted by molar-refractivity contribution is 7.09. The van der Waals surface area contributed by atoms with E-state index in [-0.39, 0.29) is 6.10 Å². The van der Waals surface area contributed by atoms with Crippen LogP contribution in [0, 0.1) is 0 Å². The maximum absolute atomic E-state index is 9.57. The van der Waals surface area contributed by atoms with Gasteiger partial charge in [-0.05, 0) is 26.3 Å². The fourth-order valence-electron chi connectivity index (χ4n) is 1.93. The van der Waals surface area contributed by atoms with Gasteiger partial charge in [0.25, 0.3) is 0 Å². The molecule has 2 rings (SSSR count). The van der Waals surface area contributed by atoms with Gasteiger partial charge in [-0.3, -0.25) is 4.90 Å². The molecule has 0 radical (unpaired) electrons. The summed E-state index contributed by atoms with van der Waals surface area (Å²) in [7, 11) is 0. The monoisotopic (exact) mass is 212 g/mol. The van der Waals surface area contributed by atoms with E-state index >= 15 is 0 Å². The zero-order valence-corrected chi connectivity index (χ0v) is 9.20. The van der Waals surface area contributed by atoms with Gasteiger partial charge >= 0.3 is 0 Å². The molecule has 0 saturated carbocycles. The Labute approximate surface area is 88.4 Å². The molecule has 0 bridgehead atoms. The van der Waals surface area contributed by atoms with E-state index in [1.165, 1.54) is 0 Å². The van der Waals surface area contributed by atoms with E-state index in [0.29, 0.717) is 6.04 Å². The number of rotatable bonds is 2. The number of aliphatic hydroxyl groups is 1. The van der Waals surface area contributed by atoms with Crippen molar-refractivity contribution in [1.82, 2.24) is 9.88 Å². The summed E-state index contributed by atoms with van der Waals surface area (Å²) >= 11 is 1.69. The second-order valence-corrected chi connectivity index (χ2v) is 4.76. The molecule has 14 heavy (non-hydrogen) atoms. The number of hydrogen-bond donors (Lipinski definition) is 1. The molecule has 1 aromatic heterocycles. The summed E-state index contributed by atoms with van der Waals surface area (Å²) < 4.78 is 0. The molecule has 1 aliphatic rings. The molecule has 0 unspecified atom stereocenters. The molecule has 0 amide bonds. The molecule has 1 aliphatic heterocycles. The number of piperidine rings is 1. The zero-order chi connectivity index (χ0) is 9.97. The van der Waals surface area contributed by atoms with Crippen LogP contribution in [0.3, 0.4) is 0 Å². The van der Waals surface area contributed by atoms with E-state index in [4.69, 9.17) is 0 Å². The van der Waals surface area contributed by atoms with E-state index in [9.17, 15) is 5.11 Å². The summed E-state index contributed by atoms with van der Waals surface area (Å²) in [6, 6.07) is 0.352. The van der Waals surface area contributed by atoms with Crippen molar-refractivity contribution in [2.45, 2.75) is 31.9 Å². The summed E-state index contributed by atoms with van der Waals surface area (Å²) in [6.45, 7) is 4.04. The van der Waals surface area contributed by atoms with Crippen LogP contribution in [-0.4, -0.2) is 34.2 Å². The lowest BCUT2D eigenvalue weighted by molar-refractivity contribution is 0.0503. The predicted octanol–water partition coefficient (Wildman–Crippen LogP) is 1.66. The molecular formula is C10H16N2OS. The highest BCUT2D eigenvalue weighted by atomic mass is 32.1. The van der Waals surface area contributed by atoms with Crippen molar-refractivity contribution < 1.29 is 5.11 Å². The van der Waals surface area contributed by atoms with Crippen LogP contribution in [0.1, 0.15) is 30.8 Å². The second kappa shape index (κ2) is 4.38. The second-order valence-electron chi connectivity index (χ2n) is 3.84. The lowest BCUT2D eigenvalue weighted by Crippen LogP contribution is -2.39. The third kappa shape index (κ3) is 2.13. The topological polar surface area (TPSA) is 36.4 Å². The van der Waals surface area contributed by atoms with Crippen molar-refractivity contribution in [3.8, 4) is 0 Å². The van der Waals surface area contributed by atoms with Crippen LogP contribution in [0.2, 0.25) is 0 Å². The highest BCUT2D eigenvalue weighted by Gasteiger charge is 2.23. The first-order chi connectivity index (χ1) is 6.77. The number of likely N-dealkylation sites (tertiary alicyclic amines) is 1. The Balaban J connectivity index is 2.00. The Bertz CT molecular complexity index is 276. The normalized spacial score (nSPS) is 26.3. The van der Waals surface area contributed by atoms with Gasteiger partial charge in [0.15, 0.2) is 0 Å². The van der Waals surface area contributed by atoms with Crippen molar-refractivity contribution in [2.75, 3.05) is 13.1 Å². The molecule has 78 valence electrons. The van der Waals surface area contributed by atoms with Gasteiger partial charge in [0.05, 0.1) is 12.1 Å².